The highest BCUT2D eigenvalue weighted by atomic mass is 19.1. The molecule has 0 fully saturated rings. The maximum absolute atomic E-state index is 11.2. The molecule has 0 radical (unpaired) electrons. The van der Waals surface area contributed by atoms with Crippen LogP contribution in [-0.4, -0.2) is 10.2 Å². The molecule has 8 heavy (non-hydrogen) atoms. The first-order chi connectivity index (χ1) is 3.93. The SMILES string of the molecule is FC#Cc1cn[nH]c1. The lowest BCUT2D eigenvalue weighted by atomic mass is 10.4. The third-order valence-electron chi connectivity index (χ3n) is 0.690. The summed E-state index contributed by atoms with van der Waals surface area (Å²) >= 11 is 0. The lowest BCUT2D eigenvalue weighted by molar-refractivity contribution is 0.774. The number of H-pyrrole nitrogens is 1. The Morgan fingerprint density at radius 1 is 1.75 bits per heavy atom. The first kappa shape index (κ1) is 4.85. The second-order valence-electron chi connectivity index (χ2n) is 1.21. The predicted molar refractivity (Wildman–Crippen MR) is 26.6 cm³/mol. The van der Waals surface area contributed by atoms with Crippen LogP contribution in [0, 0.1) is 12.1 Å². The van der Waals surface area contributed by atoms with Gasteiger partial charge in [0, 0.05) is 6.20 Å². The zero-order valence-corrected chi connectivity index (χ0v) is 3.98. The number of rotatable bonds is 0. The molecule has 0 saturated carbocycles. The fraction of sp³-hybridized carbons (Fsp3) is 0. The van der Waals surface area contributed by atoms with E-state index in [1.807, 2.05) is 0 Å². The third-order valence-corrected chi connectivity index (χ3v) is 0.690. The molecule has 1 heterocycles. The first-order valence-electron chi connectivity index (χ1n) is 2.04. The van der Waals surface area contributed by atoms with Gasteiger partial charge < -0.3 is 0 Å². The maximum atomic E-state index is 11.2. The Balaban J connectivity index is 2.88. The summed E-state index contributed by atoms with van der Waals surface area (Å²) in [4.78, 5) is 0. The molecule has 0 amide bonds. The van der Waals surface area contributed by atoms with Crippen molar-refractivity contribution >= 4 is 0 Å². The first-order valence-corrected chi connectivity index (χ1v) is 2.04. The van der Waals surface area contributed by atoms with Crippen molar-refractivity contribution in [1.82, 2.24) is 10.2 Å². The van der Waals surface area contributed by atoms with Crippen LogP contribution in [0.1, 0.15) is 5.56 Å². The summed E-state index contributed by atoms with van der Waals surface area (Å²) in [5.74, 6) is 2.18. The second-order valence-corrected chi connectivity index (χ2v) is 1.21. The molecule has 0 bridgehead atoms. The van der Waals surface area contributed by atoms with Crippen LogP contribution in [0.2, 0.25) is 0 Å². The summed E-state index contributed by atoms with van der Waals surface area (Å²) in [6.07, 6.45) is 4.23. The minimum atomic E-state index is 0.563. The van der Waals surface area contributed by atoms with E-state index in [9.17, 15) is 4.39 Å². The number of aromatic nitrogens is 2. The van der Waals surface area contributed by atoms with Gasteiger partial charge >= 0.3 is 0 Å². The quantitative estimate of drug-likeness (QED) is 0.489. The molecule has 1 aromatic heterocycles. The maximum Gasteiger partial charge on any atom is 0.111 e. The predicted octanol–water partition coefficient (Wildman–Crippen LogP) is 0.688. The van der Waals surface area contributed by atoms with Gasteiger partial charge in [-0.3, -0.25) is 5.10 Å². The van der Waals surface area contributed by atoms with Crippen molar-refractivity contribution in [2.45, 2.75) is 0 Å². The minimum Gasteiger partial charge on any atom is -0.284 e. The second kappa shape index (κ2) is 2.12. The molecular formula is C5H3FN2. The average Bonchev–Trinajstić information content (AvgIpc) is 2.19. The number of halogens is 1. The average molecular weight is 110 g/mol. The molecule has 0 aliphatic rings. The largest absolute Gasteiger partial charge is 0.284 e. The van der Waals surface area contributed by atoms with Crippen LogP contribution in [0.5, 0.6) is 0 Å². The molecule has 2 nitrogen and oxygen atoms in total. The van der Waals surface area contributed by atoms with Crippen LogP contribution in [0.4, 0.5) is 4.39 Å². The molecular weight excluding hydrogens is 107 g/mol. The smallest absolute Gasteiger partial charge is 0.111 e. The molecule has 0 unspecified atom stereocenters. The van der Waals surface area contributed by atoms with Gasteiger partial charge in [0.25, 0.3) is 0 Å². The fourth-order valence-electron chi connectivity index (χ4n) is 0.374. The molecule has 0 atom stereocenters. The molecule has 3 heteroatoms. The monoisotopic (exact) mass is 110 g/mol. The van der Waals surface area contributed by atoms with Gasteiger partial charge in [-0.2, -0.15) is 5.10 Å². The van der Waals surface area contributed by atoms with E-state index in [-0.39, 0.29) is 0 Å². The number of nitrogens with one attached hydrogen (secondary N) is 1. The van der Waals surface area contributed by atoms with E-state index in [1.165, 1.54) is 18.6 Å². The van der Waals surface area contributed by atoms with Gasteiger partial charge in [0.2, 0.25) is 0 Å². The van der Waals surface area contributed by atoms with Crippen molar-refractivity contribution in [3.8, 4) is 12.1 Å². The molecule has 1 rings (SSSR count). The third kappa shape index (κ3) is 0.850. The van der Waals surface area contributed by atoms with Crippen LogP contribution < -0.4 is 0 Å². The topological polar surface area (TPSA) is 28.7 Å². The Bertz CT molecular complexity index is 204. The highest BCUT2D eigenvalue weighted by Crippen LogP contribution is 1.87. The van der Waals surface area contributed by atoms with Crippen molar-refractivity contribution in [2.24, 2.45) is 0 Å². The molecule has 0 spiro atoms. The van der Waals surface area contributed by atoms with Crippen molar-refractivity contribution in [3.05, 3.63) is 18.0 Å². The van der Waals surface area contributed by atoms with Gasteiger partial charge in [-0.25, -0.2) is 0 Å². The van der Waals surface area contributed by atoms with Crippen molar-refractivity contribution < 1.29 is 4.39 Å². The van der Waals surface area contributed by atoms with Gasteiger partial charge in [0.05, 0.1) is 11.8 Å². The molecule has 40 valence electrons. The van der Waals surface area contributed by atoms with Gasteiger partial charge in [0.1, 0.15) is 6.17 Å². The summed E-state index contributed by atoms with van der Waals surface area (Å²) in [6, 6.07) is 0. The summed E-state index contributed by atoms with van der Waals surface area (Å²) in [6.45, 7) is 0. The van der Waals surface area contributed by atoms with E-state index in [0.29, 0.717) is 5.56 Å². The fourth-order valence-corrected chi connectivity index (χ4v) is 0.374. The Labute approximate surface area is 45.7 Å². The zero-order valence-electron chi connectivity index (χ0n) is 3.98. The summed E-state index contributed by atoms with van der Waals surface area (Å²) in [5, 5.41) is 6.04. The van der Waals surface area contributed by atoms with E-state index in [1.54, 1.807) is 0 Å². The van der Waals surface area contributed by atoms with E-state index in [4.69, 9.17) is 0 Å². The molecule has 1 aromatic rings. The van der Waals surface area contributed by atoms with Gasteiger partial charge in [0.15, 0.2) is 0 Å². The molecule has 0 aliphatic heterocycles. The van der Waals surface area contributed by atoms with E-state index in [0.717, 1.165) is 0 Å². The Morgan fingerprint density at radius 2 is 2.62 bits per heavy atom. The van der Waals surface area contributed by atoms with Crippen LogP contribution >= 0.6 is 0 Å². The lowest BCUT2D eigenvalue weighted by Crippen LogP contribution is -1.58. The lowest BCUT2D eigenvalue weighted by Gasteiger charge is -1.65. The van der Waals surface area contributed by atoms with Gasteiger partial charge in [-0.05, 0) is 5.92 Å². The molecule has 0 aromatic carbocycles. The van der Waals surface area contributed by atoms with E-state index >= 15 is 0 Å². The standard InChI is InChI=1S/C5H3FN2/c6-2-1-5-3-7-8-4-5/h3-4H,(H,7,8). The molecule has 0 aliphatic carbocycles. The van der Waals surface area contributed by atoms with Crippen LogP contribution in [0.25, 0.3) is 0 Å². The van der Waals surface area contributed by atoms with E-state index in [2.05, 4.69) is 16.1 Å². The Morgan fingerprint density at radius 3 is 3.12 bits per heavy atom. The Hall–Kier alpha value is -1.30. The highest BCUT2D eigenvalue weighted by Gasteiger charge is 1.81. The number of nitrogens with zero attached hydrogens (tertiary/aromatic N) is 1. The van der Waals surface area contributed by atoms with Crippen LogP contribution in [0.15, 0.2) is 12.4 Å². The Kier molecular flexibility index (Phi) is 1.29. The van der Waals surface area contributed by atoms with Gasteiger partial charge in [-0.1, -0.05) is 0 Å². The zero-order chi connectivity index (χ0) is 5.82. The van der Waals surface area contributed by atoms with E-state index < -0.39 is 0 Å². The van der Waals surface area contributed by atoms with Crippen LogP contribution in [0.3, 0.4) is 0 Å². The highest BCUT2D eigenvalue weighted by molar-refractivity contribution is 5.26. The number of hydrogen-bond donors (Lipinski definition) is 1. The molecule has 0 saturated heterocycles. The normalized spacial score (nSPS) is 7.62. The number of hydrogen-bond acceptors (Lipinski definition) is 1. The minimum absolute atomic E-state index is 0.563. The van der Waals surface area contributed by atoms with Gasteiger partial charge in [-0.15, -0.1) is 4.39 Å². The van der Waals surface area contributed by atoms with Crippen molar-refractivity contribution in [1.29, 1.82) is 0 Å². The van der Waals surface area contributed by atoms with Crippen molar-refractivity contribution in [2.75, 3.05) is 0 Å². The number of aromatic amines is 1. The summed E-state index contributed by atoms with van der Waals surface area (Å²) < 4.78 is 11.2. The van der Waals surface area contributed by atoms with Crippen molar-refractivity contribution in [3.63, 3.8) is 0 Å². The molecule has 1 N–H and O–H groups in total. The van der Waals surface area contributed by atoms with Crippen LogP contribution in [-0.2, 0) is 0 Å². The summed E-state index contributed by atoms with van der Waals surface area (Å²) in [7, 11) is 0. The summed E-state index contributed by atoms with van der Waals surface area (Å²) in [5.41, 5.74) is 0.563.